The number of rotatable bonds is 8. The van der Waals surface area contributed by atoms with Crippen molar-refractivity contribution in [3.63, 3.8) is 0 Å². The summed E-state index contributed by atoms with van der Waals surface area (Å²) in [5, 5.41) is 3.47. The van der Waals surface area contributed by atoms with Gasteiger partial charge in [-0.15, -0.1) is 11.3 Å². The van der Waals surface area contributed by atoms with Gasteiger partial charge in [-0.25, -0.2) is 17.8 Å². The normalized spacial score (nSPS) is 16.1. The second kappa shape index (κ2) is 9.93. The van der Waals surface area contributed by atoms with Gasteiger partial charge in [0.15, 0.2) is 15.0 Å². The fourth-order valence-electron chi connectivity index (χ4n) is 4.26. The summed E-state index contributed by atoms with van der Waals surface area (Å²) in [5.74, 6) is -0.0676. The highest BCUT2D eigenvalue weighted by molar-refractivity contribution is 7.91. The molecule has 0 spiro atoms. The number of benzene rings is 2. The van der Waals surface area contributed by atoms with Crippen molar-refractivity contribution in [1.82, 2.24) is 9.88 Å². The van der Waals surface area contributed by atoms with Gasteiger partial charge < -0.3 is 5.32 Å². The first-order valence-electron chi connectivity index (χ1n) is 11.3. The molecule has 0 bridgehead atoms. The number of anilines is 1. The molecule has 1 aromatic heterocycles. The first-order chi connectivity index (χ1) is 16.2. The topological polar surface area (TPSA) is 79.4 Å². The minimum atomic E-state index is -3.26. The summed E-state index contributed by atoms with van der Waals surface area (Å²) in [4.78, 5) is 21.1. The molecule has 180 valence electrons. The molecule has 1 atom stereocenters. The predicted molar refractivity (Wildman–Crippen MR) is 132 cm³/mol. The number of nitrogens with zero attached hydrogens (tertiary/aromatic N) is 2. The fraction of sp³-hybridized carbons (Fsp3) is 0.360. The molecule has 0 saturated carbocycles. The molecule has 9 heteroatoms. The van der Waals surface area contributed by atoms with Gasteiger partial charge in [-0.05, 0) is 41.3 Å². The van der Waals surface area contributed by atoms with Gasteiger partial charge in [0.2, 0.25) is 5.91 Å². The highest BCUT2D eigenvalue weighted by atomic mass is 32.2. The van der Waals surface area contributed by atoms with Crippen molar-refractivity contribution in [2.24, 2.45) is 5.92 Å². The lowest BCUT2D eigenvalue weighted by atomic mass is 10.0. The number of aromatic nitrogens is 1. The average molecular weight is 502 g/mol. The van der Waals surface area contributed by atoms with Gasteiger partial charge in [0.25, 0.3) is 0 Å². The van der Waals surface area contributed by atoms with Crippen LogP contribution >= 0.6 is 11.3 Å². The lowest BCUT2D eigenvalue weighted by Crippen LogP contribution is -2.26. The van der Waals surface area contributed by atoms with E-state index < -0.39 is 9.84 Å². The SMILES string of the molecule is CCS(=O)(=O)c1ccc(CC(=O)Nc2nc3c(s2)CN(Cc2ccc(F)cc2)C3C(C)C)cc1. The second-order valence-electron chi connectivity index (χ2n) is 8.82. The Morgan fingerprint density at radius 3 is 2.41 bits per heavy atom. The van der Waals surface area contributed by atoms with E-state index in [1.54, 1.807) is 31.2 Å². The maximum Gasteiger partial charge on any atom is 0.230 e. The predicted octanol–water partition coefficient (Wildman–Crippen LogP) is 4.97. The van der Waals surface area contributed by atoms with E-state index in [1.807, 2.05) is 12.1 Å². The number of carbonyl (C=O) groups is 1. The Hall–Kier alpha value is -2.62. The van der Waals surface area contributed by atoms with Gasteiger partial charge in [-0.2, -0.15) is 0 Å². The quantitative estimate of drug-likeness (QED) is 0.471. The molecule has 2 aromatic carbocycles. The molecule has 2 heterocycles. The molecule has 0 radical (unpaired) electrons. The smallest absolute Gasteiger partial charge is 0.230 e. The first-order valence-corrected chi connectivity index (χ1v) is 13.7. The summed E-state index contributed by atoms with van der Waals surface area (Å²) in [5.41, 5.74) is 2.78. The molecule has 34 heavy (non-hydrogen) atoms. The number of amides is 1. The number of thiazole rings is 1. The third kappa shape index (κ3) is 5.37. The number of halogens is 1. The van der Waals surface area contributed by atoms with Crippen LogP contribution in [0.4, 0.5) is 9.52 Å². The van der Waals surface area contributed by atoms with E-state index in [0.29, 0.717) is 17.6 Å². The molecule has 0 aliphatic carbocycles. The summed E-state index contributed by atoms with van der Waals surface area (Å²) >= 11 is 1.48. The lowest BCUT2D eigenvalue weighted by Gasteiger charge is -2.27. The molecule has 1 aliphatic heterocycles. The molecular weight excluding hydrogens is 473 g/mol. The van der Waals surface area contributed by atoms with Gasteiger partial charge in [0.05, 0.1) is 28.8 Å². The third-order valence-electron chi connectivity index (χ3n) is 5.95. The summed E-state index contributed by atoms with van der Waals surface area (Å²) in [6.07, 6.45) is 0.140. The molecule has 1 unspecified atom stereocenters. The second-order valence-corrected chi connectivity index (χ2v) is 12.2. The van der Waals surface area contributed by atoms with Crippen LogP contribution < -0.4 is 5.32 Å². The van der Waals surface area contributed by atoms with Gasteiger partial charge >= 0.3 is 0 Å². The van der Waals surface area contributed by atoms with Gasteiger partial charge in [0.1, 0.15) is 5.82 Å². The highest BCUT2D eigenvalue weighted by Gasteiger charge is 2.36. The first kappa shape index (κ1) is 24.5. The van der Waals surface area contributed by atoms with Crippen molar-refractivity contribution < 1.29 is 17.6 Å². The van der Waals surface area contributed by atoms with Crippen LogP contribution in [-0.2, 0) is 34.1 Å². The Kier molecular flexibility index (Phi) is 7.16. The largest absolute Gasteiger partial charge is 0.302 e. The Balaban J connectivity index is 1.41. The maximum absolute atomic E-state index is 13.3. The average Bonchev–Trinajstić information content (AvgIpc) is 3.31. The summed E-state index contributed by atoms with van der Waals surface area (Å²) in [7, 11) is -3.26. The van der Waals surface area contributed by atoms with Crippen LogP contribution in [0.3, 0.4) is 0 Å². The minimum absolute atomic E-state index is 0.0419. The molecule has 6 nitrogen and oxygen atoms in total. The third-order valence-corrected chi connectivity index (χ3v) is 8.67. The van der Waals surface area contributed by atoms with Crippen molar-refractivity contribution in [2.75, 3.05) is 11.1 Å². The van der Waals surface area contributed by atoms with Crippen LogP contribution in [0.25, 0.3) is 0 Å². The van der Waals surface area contributed by atoms with E-state index in [2.05, 4.69) is 24.1 Å². The maximum atomic E-state index is 13.3. The van der Waals surface area contributed by atoms with Gasteiger partial charge in [-0.1, -0.05) is 45.0 Å². The number of hydrogen-bond acceptors (Lipinski definition) is 6. The fourth-order valence-corrected chi connectivity index (χ4v) is 6.19. The molecule has 1 amide bonds. The van der Waals surface area contributed by atoms with Crippen LogP contribution in [0.15, 0.2) is 53.4 Å². The zero-order chi connectivity index (χ0) is 24.5. The molecule has 4 rings (SSSR count). The van der Waals surface area contributed by atoms with Crippen LogP contribution in [-0.4, -0.2) is 30.0 Å². The van der Waals surface area contributed by atoms with E-state index in [-0.39, 0.29) is 34.8 Å². The van der Waals surface area contributed by atoms with Crippen LogP contribution in [0.1, 0.15) is 48.5 Å². The Labute approximate surface area is 203 Å². The van der Waals surface area contributed by atoms with E-state index in [0.717, 1.165) is 28.2 Å². The number of fused-ring (bicyclic) bond motifs is 1. The standard InChI is InChI=1S/C25H28FN3O3S2/c1-4-34(31,32)20-11-7-17(8-12-20)13-22(30)27-25-28-23-21(33-25)15-29(24(23)16(2)3)14-18-5-9-19(26)10-6-18/h5-12,16,24H,4,13-15H2,1-3H3,(H,27,28,30). The Morgan fingerprint density at radius 2 is 1.79 bits per heavy atom. The van der Waals surface area contributed by atoms with E-state index >= 15 is 0 Å². The summed E-state index contributed by atoms with van der Waals surface area (Å²) < 4.78 is 37.2. The zero-order valence-corrected chi connectivity index (χ0v) is 21.0. The number of nitrogens with one attached hydrogen (secondary N) is 1. The van der Waals surface area contributed by atoms with Gasteiger partial charge in [-0.3, -0.25) is 9.69 Å². The molecule has 1 N–H and O–H groups in total. The van der Waals surface area contributed by atoms with Crippen LogP contribution in [0, 0.1) is 11.7 Å². The molecule has 0 saturated heterocycles. The van der Waals surface area contributed by atoms with Crippen molar-refractivity contribution in [1.29, 1.82) is 0 Å². The Morgan fingerprint density at radius 1 is 1.15 bits per heavy atom. The number of sulfone groups is 1. The molecule has 3 aromatic rings. The molecule has 0 fully saturated rings. The number of carbonyl (C=O) groups excluding carboxylic acids is 1. The summed E-state index contributed by atoms with van der Waals surface area (Å²) in [6.45, 7) is 7.34. The summed E-state index contributed by atoms with van der Waals surface area (Å²) in [6, 6.07) is 13.1. The monoisotopic (exact) mass is 501 g/mol. The zero-order valence-electron chi connectivity index (χ0n) is 19.4. The highest BCUT2D eigenvalue weighted by Crippen LogP contribution is 2.43. The van der Waals surface area contributed by atoms with E-state index in [9.17, 15) is 17.6 Å². The van der Waals surface area contributed by atoms with E-state index in [1.165, 1.54) is 23.5 Å². The van der Waals surface area contributed by atoms with Crippen molar-refractivity contribution in [3.05, 3.63) is 76.0 Å². The molecule has 1 aliphatic rings. The van der Waals surface area contributed by atoms with Crippen molar-refractivity contribution >= 4 is 32.2 Å². The number of hydrogen-bond donors (Lipinski definition) is 1. The van der Waals surface area contributed by atoms with Gasteiger partial charge in [0, 0.05) is 18.0 Å². The van der Waals surface area contributed by atoms with Crippen molar-refractivity contribution in [3.8, 4) is 0 Å². The Bertz CT molecular complexity index is 1270. The lowest BCUT2D eigenvalue weighted by molar-refractivity contribution is -0.115. The van der Waals surface area contributed by atoms with E-state index in [4.69, 9.17) is 4.98 Å². The van der Waals surface area contributed by atoms with Crippen LogP contribution in [0.2, 0.25) is 0 Å². The van der Waals surface area contributed by atoms with Crippen molar-refractivity contribution in [2.45, 2.75) is 51.2 Å². The minimum Gasteiger partial charge on any atom is -0.302 e. The molecular formula is C25H28FN3O3S2. The van der Waals surface area contributed by atoms with Crippen LogP contribution in [0.5, 0.6) is 0 Å².